The Morgan fingerprint density at radius 1 is 1.33 bits per heavy atom. The van der Waals surface area contributed by atoms with Crippen LogP contribution in [0.3, 0.4) is 0 Å². The number of nitrogens with zero attached hydrogens (tertiary/aromatic N) is 1. The van der Waals surface area contributed by atoms with Gasteiger partial charge in [0.25, 0.3) is 0 Å². The van der Waals surface area contributed by atoms with E-state index < -0.39 is 0 Å². The van der Waals surface area contributed by atoms with E-state index >= 15 is 0 Å². The van der Waals surface area contributed by atoms with Crippen LogP contribution in [-0.4, -0.2) is 35.6 Å². The summed E-state index contributed by atoms with van der Waals surface area (Å²) in [5, 5.41) is 9.86. The molecule has 0 aromatic rings. The number of carbonyl (C=O) groups is 1. The molecule has 0 aliphatic heterocycles. The molecule has 2 rings (SSSR count). The second-order valence-electron chi connectivity index (χ2n) is 6.52. The Bertz CT molecular complexity index is 288. The van der Waals surface area contributed by atoms with Crippen molar-refractivity contribution in [1.82, 2.24) is 4.90 Å². The van der Waals surface area contributed by atoms with Gasteiger partial charge in [-0.2, -0.15) is 0 Å². The summed E-state index contributed by atoms with van der Waals surface area (Å²) in [7, 11) is 1.83. The molecule has 0 bridgehead atoms. The summed E-state index contributed by atoms with van der Waals surface area (Å²) < 4.78 is 0. The maximum absolute atomic E-state index is 12.1. The Morgan fingerprint density at radius 3 is 2.67 bits per heavy atom. The fourth-order valence-corrected chi connectivity index (χ4v) is 3.16. The molecule has 1 amide bonds. The van der Waals surface area contributed by atoms with E-state index in [1.807, 2.05) is 7.05 Å². The van der Waals surface area contributed by atoms with Crippen molar-refractivity contribution in [2.24, 2.45) is 17.8 Å². The van der Waals surface area contributed by atoms with E-state index in [0.717, 1.165) is 18.8 Å². The number of rotatable bonds is 5. The lowest BCUT2D eigenvalue weighted by molar-refractivity contribution is -0.132. The van der Waals surface area contributed by atoms with Crippen molar-refractivity contribution in [3.05, 3.63) is 0 Å². The number of likely N-dealkylation sites (N-methyl/N-ethyl adjacent to an activating group) is 1. The Balaban J connectivity index is 1.72. The van der Waals surface area contributed by atoms with Crippen molar-refractivity contribution in [2.45, 2.75) is 58.0 Å². The molecule has 0 radical (unpaired) electrons. The molecule has 0 aromatic heterocycles. The summed E-state index contributed by atoms with van der Waals surface area (Å²) in [6.45, 7) is 2.81. The molecule has 2 fully saturated rings. The summed E-state index contributed by atoms with van der Waals surface area (Å²) >= 11 is 0. The summed E-state index contributed by atoms with van der Waals surface area (Å²) in [6, 6.07) is 0. The second-order valence-corrected chi connectivity index (χ2v) is 6.52. The average molecular weight is 253 g/mol. The van der Waals surface area contributed by atoms with Crippen LogP contribution in [-0.2, 0) is 4.79 Å². The van der Waals surface area contributed by atoms with Crippen molar-refractivity contribution in [1.29, 1.82) is 0 Å². The molecular weight excluding hydrogens is 226 g/mol. The highest BCUT2D eigenvalue weighted by atomic mass is 16.3. The largest absolute Gasteiger partial charge is 0.391 e. The van der Waals surface area contributed by atoms with Crippen molar-refractivity contribution in [3.63, 3.8) is 0 Å². The summed E-state index contributed by atoms with van der Waals surface area (Å²) in [6.07, 6.45) is 7.63. The Morgan fingerprint density at radius 2 is 2.06 bits per heavy atom. The molecule has 3 unspecified atom stereocenters. The molecule has 104 valence electrons. The van der Waals surface area contributed by atoms with Crippen LogP contribution < -0.4 is 0 Å². The third kappa shape index (κ3) is 3.98. The zero-order valence-electron chi connectivity index (χ0n) is 11.8. The highest BCUT2D eigenvalue weighted by Crippen LogP contribution is 2.33. The van der Waals surface area contributed by atoms with E-state index in [2.05, 4.69) is 6.92 Å². The zero-order chi connectivity index (χ0) is 13.1. The Labute approximate surface area is 111 Å². The van der Waals surface area contributed by atoms with E-state index in [9.17, 15) is 9.90 Å². The topological polar surface area (TPSA) is 40.5 Å². The lowest BCUT2D eigenvalue weighted by Crippen LogP contribution is -2.36. The van der Waals surface area contributed by atoms with Crippen LogP contribution in [0.15, 0.2) is 0 Å². The number of carbonyl (C=O) groups excluding carboxylic acids is 1. The molecule has 2 saturated carbocycles. The van der Waals surface area contributed by atoms with Gasteiger partial charge in [-0.1, -0.05) is 19.8 Å². The first kappa shape index (κ1) is 13.9. The predicted molar refractivity (Wildman–Crippen MR) is 72.1 cm³/mol. The molecule has 2 aliphatic carbocycles. The van der Waals surface area contributed by atoms with Gasteiger partial charge in [-0.3, -0.25) is 4.79 Å². The lowest BCUT2D eigenvalue weighted by atomic mass is 9.80. The molecule has 18 heavy (non-hydrogen) atoms. The van der Waals surface area contributed by atoms with Crippen molar-refractivity contribution >= 4 is 5.91 Å². The van der Waals surface area contributed by atoms with Gasteiger partial charge >= 0.3 is 0 Å². The highest BCUT2D eigenvalue weighted by molar-refractivity contribution is 5.76. The van der Waals surface area contributed by atoms with Crippen molar-refractivity contribution in [2.75, 3.05) is 13.6 Å². The molecule has 0 saturated heterocycles. The number of aliphatic hydroxyl groups is 1. The number of aliphatic hydroxyl groups excluding tert-OH is 1. The fourth-order valence-electron chi connectivity index (χ4n) is 3.16. The molecule has 0 spiro atoms. The molecule has 3 nitrogen and oxygen atoms in total. The number of hydrogen-bond donors (Lipinski definition) is 1. The van der Waals surface area contributed by atoms with Crippen LogP contribution in [0.5, 0.6) is 0 Å². The van der Waals surface area contributed by atoms with Crippen molar-refractivity contribution < 1.29 is 9.90 Å². The molecule has 2 aliphatic rings. The predicted octanol–water partition coefficient (Wildman–Crippen LogP) is 2.43. The lowest BCUT2D eigenvalue weighted by Gasteiger charge is -2.28. The van der Waals surface area contributed by atoms with Crippen LogP contribution in [0.4, 0.5) is 0 Å². The van der Waals surface area contributed by atoms with Crippen LogP contribution in [0, 0.1) is 17.8 Å². The minimum atomic E-state index is -0.302. The summed E-state index contributed by atoms with van der Waals surface area (Å²) in [5.74, 6) is 2.02. The smallest absolute Gasteiger partial charge is 0.222 e. The first-order valence-electron chi connectivity index (χ1n) is 7.48. The van der Waals surface area contributed by atoms with Gasteiger partial charge in [0.05, 0.1) is 6.10 Å². The van der Waals surface area contributed by atoms with Crippen LogP contribution in [0.25, 0.3) is 0 Å². The molecule has 3 atom stereocenters. The van der Waals surface area contributed by atoms with Gasteiger partial charge in [0.2, 0.25) is 5.91 Å². The summed E-state index contributed by atoms with van der Waals surface area (Å²) in [5.41, 5.74) is 0. The first-order chi connectivity index (χ1) is 8.56. The Kier molecular flexibility index (Phi) is 4.66. The molecule has 0 aromatic carbocycles. The van der Waals surface area contributed by atoms with Gasteiger partial charge in [-0.25, -0.2) is 0 Å². The van der Waals surface area contributed by atoms with E-state index in [-0.39, 0.29) is 12.0 Å². The zero-order valence-corrected chi connectivity index (χ0v) is 11.8. The van der Waals surface area contributed by atoms with Crippen molar-refractivity contribution in [3.8, 4) is 0 Å². The third-order valence-electron chi connectivity index (χ3n) is 4.56. The number of hydrogen-bond acceptors (Lipinski definition) is 2. The van der Waals surface area contributed by atoms with E-state index in [0.29, 0.717) is 24.8 Å². The molecule has 0 heterocycles. The van der Waals surface area contributed by atoms with E-state index in [1.54, 1.807) is 4.90 Å². The average Bonchev–Trinajstić information content (AvgIpc) is 3.12. The quantitative estimate of drug-likeness (QED) is 0.817. The van der Waals surface area contributed by atoms with Gasteiger partial charge in [0, 0.05) is 20.0 Å². The SMILES string of the molecule is CC1CCCC(CC(=O)N(C)CC(O)C2CC2)C1. The maximum Gasteiger partial charge on any atom is 0.222 e. The van der Waals surface area contributed by atoms with Crippen LogP contribution in [0.1, 0.15) is 51.9 Å². The minimum Gasteiger partial charge on any atom is -0.391 e. The van der Waals surface area contributed by atoms with Gasteiger partial charge in [-0.15, -0.1) is 0 Å². The van der Waals surface area contributed by atoms with Gasteiger partial charge in [-0.05, 0) is 43.4 Å². The molecule has 3 heteroatoms. The van der Waals surface area contributed by atoms with E-state index in [4.69, 9.17) is 0 Å². The third-order valence-corrected chi connectivity index (χ3v) is 4.56. The normalized spacial score (nSPS) is 29.9. The van der Waals surface area contributed by atoms with Gasteiger partial charge in [0.15, 0.2) is 0 Å². The van der Waals surface area contributed by atoms with E-state index in [1.165, 1.54) is 25.7 Å². The summed E-state index contributed by atoms with van der Waals surface area (Å²) in [4.78, 5) is 13.8. The molecule has 1 N–H and O–H groups in total. The standard InChI is InChI=1S/C15H27NO2/c1-11-4-3-5-12(8-11)9-15(18)16(2)10-14(17)13-6-7-13/h11-14,17H,3-10H2,1-2H3. The first-order valence-corrected chi connectivity index (χ1v) is 7.48. The van der Waals surface area contributed by atoms with Crippen LogP contribution >= 0.6 is 0 Å². The number of amides is 1. The monoisotopic (exact) mass is 253 g/mol. The van der Waals surface area contributed by atoms with Gasteiger partial charge in [0.1, 0.15) is 0 Å². The minimum absolute atomic E-state index is 0.216. The van der Waals surface area contributed by atoms with Crippen LogP contribution in [0.2, 0.25) is 0 Å². The molecular formula is C15H27NO2. The highest BCUT2D eigenvalue weighted by Gasteiger charge is 2.31. The maximum atomic E-state index is 12.1. The Hall–Kier alpha value is -0.570. The second kappa shape index (κ2) is 6.05. The fraction of sp³-hybridized carbons (Fsp3) is 0.933. The van der Waals surface area contributed by atoms with Gasteiger partial charge < -0.3 is 10.0 Å².